The SMILES string of the molecule is COCOc1c(I)cc(C(C)C)cc1C(C)C. The van der Waals surface area contributed by atoms with Gasteiger partial charge in [0.15, 0.2) is 6.79 Å². The molecular weight excluding hydrogens is 327 g/mol. The van der Waals surface area contributed by atoms with Gasteiger partial charge >= 0.3 is 0 Å². The standard InChI is InChI=1S/C14H21IO2/c1-9(2)11-6-12(10(3)4)14(13(15)7-11)17-8-16-5/h6-7,9-10H,8H2,1-5H3. The first-order valence-electron chi connectivity index (χ1n) is 5.92. The first-order valence-corrected chi connectivity index (χ1v) is 7.00. The number of hydrogen-bond donors (Lipinski definition) is 0. The van der Waals surface area contributed by atoms with Gasteiger partial charge in [-0.1, -0.05) is 33.8 Å². The molecule has 1 rings (SSSR count). The van der Waals surface area contributed by atoms with Crippen LogP contribution in [0.2, 0.25) is 0 Å². The molecule has 0 heterocycles. The fourth-order valence-corrected chi connectivity index (χ4v) is 2.50. The number of ether oxygens (including phenoxy) is 2. The van der Waals surface area contributed by atoms with E-state index >= 15 is 0 Å². The van der Waals surface area contributed by atoms with E-state index in [1.54, 1.807) is 7.11 Å². The topological polar surface area (TPSA) is 18.5 Å². The van der Waals surface area contributed by atoms with Gasteiger partial charge in [-0.05, 0) is 51.6 Å². The Bertz CT molecular complexity index is 373. The van der Waals surface area contributed by atoms with Crippen molar-refractivity contribution >= 4 is 22.6 Å². The van der Waals surface area contributed by atoms with Crippen molar-refractivity contribution in [1.29, 1.82) is 0 Å². The Balaban J connectivity index is 3.18. The van der Waals surface area contributed by atoms with Gasteiger partial charge in [0.05, 0.1) is 3.57 Å². The Hall–Kier alpha value is -0.290. The average Bonchev–Trinajstić information content (AvgIpc) is 2.26. The van der Waals surface area contributed by atoms with Crippen molar-refractivity contribution in [3.05, 3.63) is 26.8 Å². The molecule has 0 N–H and O–H groups in total. The first kappa shape index (κ1) is 14.8. The highest BCUT2D eigenvalue weighted by Crippen LogP contribution is 2.34. The zero-order chi connectivity index (χ0) is 13.0. The van der Waals surface area contributed by atoms with E-state index in [0.717, 1.165) is 9.32 Å². The Kier molecular flexibility index (Phi) is 5.73. The van der Waals surface area contributed by atoms with E-state index in [-0.39, 0.29) is 0 Å². The van der Waals surface area contributed by atoms with Gasteiger partial charge < -0.3 is 9.47 Å². The average molecular weight is 348 g/mol. The molecule has 17 heavy (non-hydrogen) atoms. The van der Waals surface area contributed by atoms with Crippen molar-refractivity contribution in [2.24, 2.45) is 0 Å². The van der Waals surface area contributed by atoms with Gasteiger partial charge in [0, 0.05) is 7.11 Å². The van der Waals surface area contributed by atoms with Crippen molar-refractivity contribution in [2.45, 2.75) is 39.5 Å². The van der Waals surface area contributed by atoms with E-state index in [1.165, 1.54) is 11.1 Å². The summed E-state index contributed by atoms with van der Waals surface area (Å²) in [6, 6.07) is 4.45. The van der Waals surface area contributed by atoms with E-state index in [4.69, 9.17) is 9.47 Å². The molecule has 0 aliphatic rings. The van der Waals surface area contributed by atoms with E-state index < -0.39 is 0 Å². The number of benzene rings is 1. The molecule has 3 heteroatoms. The third-order valence-corrected chi connectivity index (χ3v) is 3.51. The summed E-state index contributed by atoms with van der Waals surface area (Å²) in [4.78, 5) is 0. The van der Waals surface area contributed by atoms with E-state index in [9.17, 15) is 0 Å². The smallest absolute Gasteiger partial charge is 0.188 e. The van der Waals surface area contributed by atoms with Crippen molar-refractivity contribution in [3.8, 4) is 5.75 Å². The van der Waals surface area contributed by atoms with Crippen LogP contribution in [0, 0.1) is 3.57 Å². The monoisotopic (exact) mass is 348 g/mol. The Labute approximate surface area is 118 Å². The molecule has 0 saturated heterocycles. The Morgan fingerprint density at radius 1 is 1.12 bits per heavy atom. The van der Waals surface area contributed by atoms with Crippen molar-refractivity contribution in [1.82, 2.24) is 0 Å². The third kappa shape index (κ3) is 3.85. The summed E-state index contributed by atoms with van der Waals surface area (Å²) in [7, 11) is 1.64. The van der Waals surface area contributed by atoms with Gasteiger partial charge in [-0.15, -0.1) is 0 Å². The maximum Gasteiger partial charge on any atom is 0.188 e. The number of rotatable bonds is 5. The van der Waals surface area contributed by atoms with Gasteiger partial charge in [-0.2, -0.15) is 0 Å². The lowest BCUT2D eigenvalue weighted by atomic mass is 9.95. The first-order chi connectivity index (χ1) is 7.97. The van der Waals surface area contributed by atoms with E-state index in [2.05, 4.69) is 62.4 Å². The predicted octanol–water partition coefficient (Wildman–Crippen LogP) is 4.52. The molecule has 0 fully saturated rings. The summed E-state index contributed by atoms with van der Waals surface area (Å²) >= 11 is 2.34. The molecule has 96 valence electrons. The molecule has 1 aromatic rings. The lowest BCUT2D eigenvalue weighted by Gasteiger charge is -2.18. The molecule has 0 unspecified atom stereocenters. The normalized spacial score (nSPS) is 11.3. The minimum Gasteiger partial charge on any atom is -0.466 e. The molecule has 0 aliphatic heterocycles. The lowest BCUT2D eigenvalue weighted by Crippen LogP contribution is -2.06. The largest absolute Gasteiger partial charge is 0.466 e. The summed E-state index contributed by atoms with van der Waals surface area (Å²) in [5.74, 6) is 1.96. The molecule has 0 aliphatic carbocycles. The van der Waals surface area contributed by atoms with Crippen LogP contribution in [0.1, 0.15) is 50.7 Å². The van der Waals surface area contributed by atoms with Crippen LogP contribution < -0.4 is 4.74 Å². The van der Waals surface area contributed by atoms with Gasteiger partial charge in [-0.3, -0.25) is 0 Å². The fourth-order valence-electron chi connectivity index (χ4n) is 1.67. The second-order valence-electron chi connectivity index (χ2n) is 4.78. The zero-order valence-corrected chi connectivity index (χ0v) is 13.4. The Morgan fingerprint density at radius 3 is 2.24 bits per heavy atom. The second-order valence-corrected chi connectivity index (χ2v) is 5.94. The highest BCUT2D eigenvalue weighted by molar-refractivity contribution is 14.1. The molecule has 2 nitrogen and oxygen atoms in total. The molecule has 0 spiro atoms. The predicted molar refractivity (Wildman–Crippen MR) is 79.8 cm³/mol. The maximum atomic E-state index is 5.68. The summed E-state index contributed by atoms with van der Waals surface area (Å²) in [6.07, 6.45) is 0. The molecule has 1 aromatic carbocycles. The quantitative estimate of drug-likeness (QED) is 0.575. The van der Waals surface area contributed by atoms with Crippen LogP contribution in [-0.2, 0) is 4.74 Å². The van der Waals surface area contributed by atoms with Crippen LogP contribution in [0.25, 0.3) is 0 Å². The summed E-state index contributed by atoms with van der Waals surface area (Å²) in [5.41, 5.74) is 2.63. The number of methoxy groups -OCH3 is 1. The number of hydrogen-bond acceptors (Lipinski definition) is 2. The van der Waals surface area contributed by atoms with E-state index in [0.29, 0.717) is 18.6 Å². The summed E-state index contributed by atoms with van der Waals surface area (Å²) in [6.45, 7) is 9.11. The Morgan fingerprint density at radius 2 is 1.76 bits per heavy atom. The molecule has 0 radical (unpaired) electrons. The van der Waals surface area contributed by atoms with E-state index in [1.807, 2.05) is 0 Å². The van der Waals surface area contributed by atoms with Crippen LogP contribution in [0.4, 0.5) is 0 Å². The second kappa shape index (κ2) is 6.59. The summed E-state index contributed by atoms with van der Waals surface area (Å²) in [5, 5.41) is 0. The van der Waals surface area contributed by atoms with Crippen LogP contribution in [0.5, 0.6) is 5.75 Å². The van der Waals surface area contributed by atoms with Crippen molar-refractivity contribution < 1.29 is 9.47 Å². The third-order valence-electron chi connectivity index (χ3n) is 2.70. The van der Waals surface area contributed by atoms with Crippen LogP contribution in [-0.4, -0.2) is 13.9 Å². The van der Waals surface area contributed by atoms with Crippen LogP contribution in [0.3, 0.4) is 0 Å². The van der Waals surface area contributed by atoms with Crippen LogP contribution >= 0.6 is 22.6 Å². The number of halogens is 1. The minimum absolute atomic E-state index is 0.302. The maximum absolute atomic E-state index is 5.68. The van der Waals surface area contributed by atoms with Crippen molar-refractivity contribution in [3.63, 3.8) is 0 Å². The molecule has 0 amide bonds. The molecule has 0 bridgehead atoms. The molecule has 0 atom stereocenters. The van der Waals surface area contributed by atoms with Gasteiger partial charge in [0.1, 0.15) is 5.75 Å². The fraction of sp³-hybridized carbons (Fsp3) is 0.571. The molecule has 0 saturated carbocycles. The lowest BCUT2D eigenvalue weighted by molar-refractivity contribution is 0.0496. The van der Waals surface area contributed by atoms with Gasteiger partial charge in [0.2, 0.25) is 0 Å². The highest BCUT2D eigenvalue weighted by Gasteiger charge is 2.14. The van der Waals surface area contributed by atoms with Gasteiger partial charge in [-0.25, -0.2) is 0 Å². The minimum atomic E-state index is 0.302. The van der Waals surface area contributed by atoms with Gasteiger partial charge in [0.25, 0.3) is 0 Å². The van der Waals surface area contributed by atoms with Crippen molar-refractivity contribution in [2.75, 3.05) is 13.9 Å². The molecule has 0 aromatic heterocycles. The highest BCUT2D eigenvalue weighted by atomic mass is 127. The molecular formula is C14H21IO2. The summed E-state index contributed by atoms with van der Waals surface area (Å²) < 4.78 is 11.8. The van der Waals surface area contributed by atoms with Crippen LogP contribution in [0.15, 0.2) is 12.1 Å². The zero-order valence-electron chi connectivity index (χ0n) is 11.2.